The second-order valence-corrected chi connectivity index (χ2v) is 6.65. The molecular formula is C13H22N4O3S. The number of nitrogens with one attached hydrogen (secondary N) is 1. The molecule has 7 nitrogen and oxygen atoms in total. The summed E-state index contributed by atoms with van der Waals surface area (Å²) in [5.74, 6) is 3.11. The minimum Gasteiger partial charge on any atom is -0.390 e. The van der Waals surface area contributed by atoms with Crippen LogP contribution >= 0.6 is 11.8 Å². The van der Waals surface area contributed by atoms with Crippen LogP contribution in [-0.2, 0) is 6.54 Å². The minimum atomic E-state index is -0.600. The highest BCUT2D eigenvalue weighted by molar-refractivity contribution is 7.99. The molecule has 0 spiro atoms. The van der Waals surface area contributed by atoms with Gasteiger partial charge in [0.15, 0.2) is 0 Å². The van der Waals surface area contributed by atoms with E-state index in [9.17, 15) is 15.2 Å². The number of nitro groups is 1. The summed E-state index contributed by atoms with van der Waals surface area (Å²) in [6.45, 7) is 4.94. The van der Waals surface area contributed by atoms with Gasteiger partial charge in [-0.05, 0) is 44.2 Å². The zero-order chi connectivity index (χ0) is 15.4. The van der Waals surface area contributed by atoms with Gasteiger partial charge in [-0.1, -0.05) is 0 Å². The van der Waals surface area contributed by atoms with Crippen molar-refractivity contribution < 1.29 is 10.0 Å². The average molecular weight is 314 g/mol. The third-order valence-corrected chi connectivity index (χ3v) is 4.98. The third-order valence-electron chi connectivity index (χ3n) is 3.75. The van der Waals surface area contributed by atoms with E-state index in [2.05, 4.69) is 10.4 Å². The molecule has 1 fully saturated rings. The van der Waals surface area contributed by atoms with Crippen LogP contribution in [-0.4, -0.2) is 50.5 Å². The molecule has 118 valence electrons. The van der Waals surface area contributed by atoms with Gasteiger partial charge in [0.25, 0.3) is 0 Å². The van der Waals surface area contributed by atoms with E-state index in [-0.39, 0.29) is 12.2 Å². The number of aliphatic hydroxyl groups is 1. The van der Waals surface area contributed by atoms with E-state index >= 15 is 0 Å². The van der Waals surface area contributed by atoms with Gasteiger partial charge in [0.2, 0.25) is 0 Å². The highest BCUT2D eigenvalue weighted by Crippen LogP contribution is 2.23. The van der Waals surface area contributed by atoms with Gasteiger partial charge in [-0.15, -0.1) is 0 Å². The van der Waals surface area contributed by atoms with Crippen LogP contribution in [0, 0.1) is 29.9 Å². The summed E-state index contributed by atoms with van der Waals surface area (Å²) >= 11 is 1.97. The van der Waals surface area contributed by atoms with Gasteiger partial charge in [0, 0.05) is 6.54 Å². The Morgan fingerprint density at radius 2 is 2.38 bits per heavy atom. The Morgan fingerprint density at radius 3 is 2.95 bits per heavy atom. The fourth-order valence-corrected chi connectivity index (χ4v) is 3.88. The van der Waals surface area contributed by atoms with Crippen molar-refractivity contribution in [2.45, 2.75) is 32.9 Å². The molecule has 0 amide bonds. The number of aliphatic hydroxyl groups excluding tert-OH is 1. The number of aromatic nitrogens is 2. The number of aryl methyl sites for hydroxylation is 1. The maximum atomic E-state index is 10.9. The quantitative estimate of drug-likeness (QED) is 0.578. The van der Waals surface area contributed by atoms with Crippen LogP contribution in [0.1, 0.15) is 17.8 Å². The molecule has 2 N–H and O–H groups in total. The maximum Gasteiger partial charge on any atom is 0.312 e. The smallest absolute Gasteiger partial charge is 0.312 e. The van der Waals surface area contributed by atoms with Gasteiger partial charge in [0.05, 0.1) is 17.6 Å². The monoisotopic (exact) mass is 314 g/mol. The Kier molecular flexibility index (Phi) is 5.60. The van der Waals surface area contributed by atoms with Crippen LogP contribution in [0.2, 0.25) is 0 Å². The molecule has 0 bridgehead atoms. The predicted molar refractivity (Wildman–Crippen MR) is 82.7 cm³/mol. The summed E-state index contributed by atoms with van der Waals surface area (Å²) in [5.41, 5.74) is 0.919. The molecule has 1 aliphatic heterocycles. The SMILES string of the molecule is Cc1nn(CC(O)CNCC2CCSC2)c(C)c1[N+](=O)[O-]. The summed E-state index contributed by atoms with van der Waals surface area (Å²) in [6, 6.07) is 0. The van der Waals surface area contributed by atoms with Crippen LogP contribution in [0.3, 0.4) is 0 Å². The summed E-state index contributed by atoms with van der Waals surface area (Å²) in [5, 5.41) is 28.4. The number of nitrogens with zero attached hydrogens (tertiary/aromatic N) is 3. The number of rotatable bonds is 7. The van der Waals surface area contributed by atoms with Crippen LogP contribution in [0.4, 0.5) is 5.69 Å². The molecule has 1 saturated heterocycles. The predicted octanol–water partition coefficient (Wildman–Crippen LogP) is 1.11. The fourth-order valence-electron chi connectivity index (χ4n) is 2.59. The van der Waals surface area contributed by atoms with E-state index < -0.39 is 11.0 Å². The number of thioether (sulfide) groups is 1. The van der Waals surface area contributed by atoms with Crippen molar-refractivity contribution >= 4 is 17.4 Å². The highest BCUT2D eigenvalue weighted by Gasteiger charge is 2.23. The van der Waals surface area contributed by atoms with Gasteiger partial charge in [-0.3, -0.25) is 14.8 Å². The molecule has 0 aliphatic carbocycles. The molecule has 0 aromatic carbocycles. The molecule has 8 heteroatoms. The zero-order valence-corrected chi connectivity index (χ0v) is 13.2. The summed E-state index contributed by atoms with van der Waals surface area (Å²) < 4.78 is 1.52. The van der Waals surface area contributed by atoms with Crippen molar-refractivity contribution in [3.8, 4) is 0 Å². The molecule has 21 heavy (non-hydrogen) atoms. The third kappa shape index (κ3) is 4.18. The van der Waals surface area contributed by atoms with E-state index in [1.165, 1.54) is 22.6 Å². The summed E-state index contributed by atoms with van der Waals surface area (Å²) in [6.07, 6.45) is 0.633. The average Bonchev–Trinajstić information content (AvgIpc) is 2.99. The van der Waals surface area contributed by atoms with E-state index in [1.54, 1.807) is 13.8 Å². The van der Waals surface area contributed by atoms with Crippen LogP contribution < -0.4 is 5.32 Å². The van der Waals surface area contributed by atoms with Crippen molar-refractivity contribution in [2.24, 2.45) is 5.92 Å². The summed E-state index contributed by atoms with van der Waals surface area (Å²) in [7, 11) is 0. The Labute approximate surface area is 128 Å². The second-order valence-electron chi connectivity index (χ2n) is 5.50. The molecule has 2 heterocycles. The topological polar surface area (TPSA) is 93.2 Å². The molecular weight excluding hydrogens is 292 g/mol. The molecule has 2 atom stereocenters. The van der Waals surface area contributed by atoms with Crippen LogP contribution in [0.5, 0.6) is 0 Å². The molecule has 0 radical (unpaired) electrons. The van der Waals surface area contributed by atoms with Crippen molar-refractivity contribution in [1.29, 1.82) is 0 Å². The second kappa shape index (κ2) is 7.24. The van der Waals surface area contributed by atoms with Gasteiger partial charge in [-0.2, -0.15) is 16.9 Å². The first kappa shape index (κ1) is 16.3. The Morgan fingerprint density at radius 1 is 1.62 bits per heavy atom. The van der Waals surface area contributed by atoms with Crippen molar-refractivity contribution in [2.75, 3.05) is 24.6 Å². The zero-order valence-electron chi connectivity index (χ0n) is 12.4. The molecule has 2 unspecified atom stereocenters. The van der Waals surface area contributed by atoms with Crippen molar-refractivity contribution in [3.63, 3.8) is 0 Å². The van der Waals surface area contributed by atoms with Gasteiger partial charge < -0.3 is 10.4 Å². The summed E-state index contributed by atoms with van der Waals surface area (Å²) in [4.78, 5) is 10.5. The molecule has 2 rings (SSSR count). The first-order chi connectivity index (χ1) is 9.99. The van der Waals surface area contributed by atoms with Crippen LogP contribution in [0.25, 0.3) is 0 Å². The van der Waals surface area contributed by atoms with E-state index in [0.717, 1.165) is 6.54 Å². The van der Waals surface area contributed by atoms with E-state index in [1.807, 2.05) is 11.8 Å². The first-order valence-corrected chi connectivity index (χ1v) is 8.29. The van der Waals surface area contributed by atoms with Gasteiger partial charge in [0.1, 0.15) is 11.4 Å². The van der Waals surface area contributed by atoms with E-state index in [0.29, 0.717) is 23.9 Å². The van der Waals surface area contributed by atoms with Crippen molar-refractivity contribution in [3.05, 3.63) is 21.5 Å². The number of hydrogen-bond donors (Lipinski definition) is 2. The lowest BCUT2D eigenvalue weighted by Crippen LogP contribution is -2.33. The Balaban J connectivity index is 1.83. The number of hydrogen-bond acceptors (Lipinski definition) is 6. The fraction of sp³-hybridized carbons (Fsp3) is 0.769. The minimum absolute atomic E-state index is 0.0399. The van der Waals surface area contributed by atoms with E-state index in [4.69, 9.17) is 0 Å². The molecule has 0 saturated carbocycles. The standard InChI is InChI=1S/C13H22N4O3S/c1-9-13(17(19)20)10(2)16(15-9)7-12(18)6-14-5-11-3-4-21-8-11/h11-12,14,18H,3-8H2,1-2H3. The maximum absolute atomic E-state index is 10.9. The van der Waals surface area contributed by atoms with Gasteiger partial charge >= 0.3 is 5.69 Å². The molecule has 1 aliphatic rings. The lowest BCUT2D eigenvalue weighted by Gasteiger charge is -2.15. The highest BCUT2D eigenvalue weighted by atomic mass is 32.2. The Hall–Kier alpha value is -1.12. The Bertz CT molecular complexity index is 500. The van der Waals surface area contributed by atoms with Crippen molar-refractivity contribution in [1.82, 2.24) is 15.1 Å². The normalized spacial score (nSPS) is 19.9. The lowest BCUT2D eigenvalue weighted by atomic mass is 10.1. The lowest BCUT2D eigenvalue weighted by molar-refractivity contribution is -0.386. The largest absolute Gasteiger partial charge is 0.390 e. The molecule has 1 aromatic heterocycles. The van der Waals surface area contributed by atoms with Crippen LogP contribution in [0.15, 0.2) is 0 Å². The molecule has 1 aromatic rings. The van der Waals surface area contributed by atoms with Gasteiger partial charge in [-0.25, -0.2) is 0 Å². The first-order valence-electron chi connectivity index (χ1n) is 7.14.